The van der Waals surface area contributed by atoms with Crippen molar-refractivity contribution in [2.75, 3.05) is 0 Å². The Morgan fingerprint density at radius 3 is 1.85 bits per heavy atom. The fraction of sp³-hybridized carbons (Fsp3) is 0.286. The Balaban J connectivity index is 1.61. The highest BCUT2D eigenvalue weighted by molar-refractivity contribution is 5.66. The Bertz CT molecular complexity index is 1440. The average Bonchev–Trinajstić information content (AvgIpc) is 2.89. The van der Waals surface area contributed by atoms with Crippen molar-refractivity contribution in [3.05, 3.63) is 94.8 Å². The van der Waals surface area contributed by atoms with Gasteiger partial charge in [-0.2, -0.15) is 22.0 Å². The van der Waals surface area contributed by atoms with Gasteiger partial charge in [0.1, 0.15) is 22.9 Å². The van der Waals surface area contributed by atoms with Crippen molar-refractivity contribution in [3.8, 4) is 22.6 Å². The third-order valence-electron chi connectivity index (χ3n) is 6.56. The quantitative estimate of drug-likeness (QED) is 0.147. The van der Waals surface area contributed by atoms with E-state index in [-0.39, 0.29) is 36.6 Å². The lowest BCUT2D eigenvalue weighted by Gasteiger charge is -2.29. The molecule has 2 atom stereocenters. The first kappa shape index (κ1) is 30.2. The zero-order chi connectivity index (χ0) is 30.3. The smallest absolute Gasteiger partial charge is 0.429 e. The zero-order valence-electron chi connectivity index (χ0n) is 20.9. The number of hydrogen-bond donors (Lipinski definition) is 0. The highest BCUT2D eigenvalue weighted by Crippen LogP contribution is 2.41. The molecule has 0 aromatic heterocycles. The van der Waals surface area contributed by atoms with E-state index in [2.05, 4.69) is 9.47 Å². The maximum Gasteiger partial charge on any atom is 0.432 e. The first-order valence-electron chi connectivity index (χ1n) is 12.1. The monoisotopic (exact) mass is 596 g/mol. The highest BCUT2D eigenvalue weighted by Gasteiger charge is 2.44. The van der Waals surface area contributed by atoms with Gasteiger partial charge in [-0.15, -0.1) is 0 Å². The fourth-order valence-electron chi connectivity index (χ4n) is 4.35. The third kappa shape index (κ3) is 6.13. The number of halogens is 11. The number of allylic oxidation sites excluding steroid dienone is 1. The Morgan fingerprint density at radius 2 is 1.32 bits per heavy atom. The van der Waals surface area contributed by atoms with Crippen LogP contribution in [0.15, 0.2) is 48.6 Å². The van der Waals surface area contributed by atoms with Crippen molar-refractivity contribution in [3.63, 3.8) is 0 Å². The predicted molar refractivity (Wildman–Crippen MR) is 124 cm³/mol. The highest BCUT2D eigenvalue weighted by atomic mass is 19.3. The molecule has 0 radical (unpaired) electrons. The van der Waals surface area contributed by atoms with Crippen LogP contribution >= 0.6 is 0 Å². The van der Waals surface area contributed by atoms with Crippen LogP contribution in [0, 0.1) is 52.6 Å². The van der Waals surface area contributed by atoms with Gasteiger partial charge in [0, 0.05) is 17.7 Å². The van der Waals surface area contributed by atoms with E-state index in [0.717, 1.165) is 6.42 Å². The van der Waals surface area contributed by atoms with Crippen LogP contribution in [-0.2, 0) is 6.11 Å². The Kier molecular flexibility index (Phi) is 8.28. The Morgan fingerprint density at radius 1 is 0.707 bits per heavy atom. The van der Waals surface area contributed by atoms with Gasteiger partial charge in [-0.25, -0.2) is 26.3 Å². The maximum atomic E-state index is 14.8. The first-order valence-corrected chi connectivity index (χ1v) is 12.1. The molecule has 1 aliphatic carbocycles. The Hall–Kier alpha value is -3.77. The zero-order valence-corrected chi connectivity index (χ0v) is 20.9. The van der Waals surface area contributed by atoms with Crippen LogP contribution < -0.4 is 9.47 Å². The first-order chi connectivity index (χ1) is 19.1. The van der Waals surface area contributed by atoms with Gasteiger partial charge in [0.25, 0.3) is 0 Å². The molecule has 13 heteroatoms. The van der Waals surface area contributed by atoms with Gasteiger partial charge in [-0.1, -0.05) is 19.1 Å². The lowest BCUT2D eigenvalue weighted by Crippen LogP contribution is -2.35. The molecule has 220 valence electrons. The van der Waals surface area contributed by atoms with Crippen LogP contribution in [-0.4, -0.2) is 6.11 Å². The van der Waals surface area contributed by atoms with Crippen molar-refractivity contribution >= 4 is 0 Å². The lowest BCUT2D eigenvalue weighted by molar-refractivity contribution is -0.208. The van der Waals surface area contributed by atoms with E-state index < -0.39 is 87.0 Å². The summed E-state index contributed by atoms with van der Waals surface area (Å²) in [5.74, 6) is -17.6. The molecule has 2 unspecified atom stereocenters. The summed E-state index contributed by atoms with van der Waals surface area (Å²) in [6, 6.07) is 1.60. The second kappa shape index (κ2) is 11.2. The molecule has 0 aliphatic heterocycles. The van der Waals surface area contributed by atoms with Crippen molar-refractivity contribution in [2.24, 2.45) is 11.8 Å². The molecule has 0 bridgehead atoms. The van der Waals surface area contributed by atoms with Crippen molar-refractivity contribution in [1.29, 1.82) is 0 Å². The van der Waals surface area contributed by atoms with Gasteiger partial charge in [0.15, 0.2) is 29.0 Å². The molecule has 2 nitrogen and oxygen atoms in total. The van der Waals surface area contributed by atoms with E-state index in [9.17, 15) is 48.3 Å². The number of benzene rings is 3. The molecule has 4 rings (SSSR count). The second-order valence-corrected chi connectivity index (χ2v) is 9.27. The molecular formula is C28H19F11O2. The Labute approximate surface area is 226 Å². The molecular weight excluding hydrogens is 577 g/mol. The molecule has 0 spiro atoms. The van der Waals surface area contributed by atoms with E-state index in [0.29, 0.717) is 18.6 Å². The molecule has 0 N–H and O–H groups in total. The van der Waals surface area contributed by atoms with E-state index in [1.165, 1.54) is 6.08 Å². The number of alkyl halides is 4. The van der Waals surface area contributed by atoms with Gasteiger partial charge >= 0.3 is 12.2 Å². The molecule has 41 heavy (non-hydrogen) atoms. The van der Waals surface area contributed by atoms with Crippen molar-refractivity contribution < 1.29 is 57.8 Å². The van der Waals surface area contributed by atoms with Crippen LogP contribution in [0.5, 0.6) is 11.5 Å². The van der Waals surface area contributed by atoms with E-state index in [1.54, 1.807) is 6.08 Å². The summed E-state index contributed by atoms with van der Waals surface area (Å²) in [7, 11) is 0. The molecule has 3 aromatic rings. The molecule has 0 amide bonds. The van der Waals surface area contributed by atoms with E-state index in [4.69, 9.17) is 0 Å². The SMILES string of the molecule is CCC1C=CC(C(F)(F)Oc2ccc(-c3cc(F)c(C(F)(F)Oc4cc(F)c(F)c(F)c4)c(F)c3)c(F)c2F)CC1. The van der Waals surface area contributed by atoms with Crippen molar-refractivity contribution in [2.45, 2.75) is 38.4 Å². The van der Waals surface area contributed by atoms with Crippen LogP contribution in [0.4, 0.5) is 48.3 Å². The van der Waals surface area contributed by atoms with Gasteiger partial charge in [-0.3, -0.25) is 0 Å². The normalized spacial score (nSPS) is 17.6. The van der Waals surface area contributed by atoms with E-state index in [1.807, 2.05) is 6.92 Å². The number of rotatable bonds is 8. The van der Waals surface area contributed by atoms with Crippen LogP contribution in [0.2, 0.25) is 0 Å². The summed E-state index contributed by atoms with van der Waals surface area (Å²) in [6.07, 6.45) is -4.83. The minimum Gasteiger partial charge on any atom is -0.429 e. The molecule has 0 heterocycles. The number of ether oxygens (including phenoxy) is 2. The van der Waals surface area contributed by atoms with Crippen molar-refractivity contribution in [1.82, 2.24) is 0 Å². The summed E-state index contributed by atoms with van der Waals surface area (Å²) in [6.45, 7) is 1.88. The molecule has 3 aromatic carbocycles. The summed E-state index contributed by atoms with van der Waals surface area (Å²) in [5.41, 5.74) is -3.77. The topological polar surface area (TPSA) is 18.5 Å². The minimum atomic E-state index is -4.92. The van der Waals surface area contributed by atoms with Gasteiger partial charge in [0.2, 0.25) is 5.82 Å². The summed E-state index contributed by atoms with van der Waals surface area (Å²) < 4.78 is 165. The molecule has 0 saturated carbocycles. The maximum absolute atomic E-state index is 14.8. The summed E-state index contributed by atoms with van der Waals surface area (Å²) in [4.78, 5) is 0. The lowest BCUT2D eigenvalue weighted by atomic mass is 9.86. The molecule has 0 fully saturated rings. The van der Waals surface area contributed by atoms with Gasteiger partial charge in [-0.05, 0) is 55.0 Å². The van der Waals surface area contributed by atoms with Crippen LogP contribution in [0.1, 0.15) is 31.7 Å². The molecule has 0 saturated heterocycles. The second-order valence-electron chi connectivity index (χ2n) is 9.27. The van der Waals surface area contributed by atoms with Crippen LogP contribution in [0.25, 0.3) is 11.1 Å². The van der Waals surface area contributed by atoms with Crippen LogP contribution in [0.3, 0.4) is 0 Å². The van der Waals surface area contributed by atoms with Gasteiger partial charge < -0.3 is 9.47 Å². The largest absolute Gasteiger partial charge is 0.432 e. The number of hydrogen-bond acceptors (Lipinski definition) is 2. The summed E-state index contributed by atoms with van der Waals surface area (Å²) >= 11 is 0. The standard InChI is InChI=1S/C28H19F11O2/c1-2-13-3-5-15(6-4-13)27(36,37)41-22-8-7-17(24(33)26(22)35)14-9-18(29)23(19(30)10-14)28(38,39)40-16-11-20(31)25(34)21(32)12-16/h3,5,7-13,15H,2,4,6H2,1H3. The predicted octanol–water partition coefficient (Wildman–Crippen LogP) is 9.42. The average molecular weight is 596 g/mol. The summed E-state index contributed by atoms with van der Waals surface area (Å²) in [5, 5.41) is 0. The van der Waals surface area contributed by atoms with Gasteiger partial charge in [0.05, 0.1) is 5.92 Å². The minimum absolute atomic E-state index is 0.00821. The fourth-order valence-corrected chi connectivity index (χ4v) is 4.35. The molecule has 1 aliphatic rings. The van der Waals surface area contributed by atoms with E-state index >= 15 is 0 Å². The third-order valence-corrected chi connectivity index (χ3v) is 6.56.